The van der Waals surface area contributed by atoms with Gasteiger partial charge in [0.15, 0.2) is 11.5 Å². The third-order valence-corrected chi connectivity index (χ3v) is 6.94. The fraction of sp³-hybridized carbons (Fsp3) is 0.214. The molecule has 1 N–H and O–H groups in total. The van der Waals surface area contributed by atoms with Crippen molar-refractivity contribution < 1.29 is 14.3 Å². The zero-order chi connectivity index (χ0) is 24.5. The maximum atomic E-state index is 13.6. The van der Waals surface area contributed by atoms with Crippen LogP contribution in [0, 0.1) is 6.92 Å². The molecule has 0 spiro atoms. The molecule has 1 amide bonds. The van der Waals surface area contributed by atoms with Gasteiger partial charge in [0.25, 0.3) is 5.91 Å². The van der Waals surface area contributed by atoms with Crippen LogP contribution in [0.2, 0.25) is 0 Å². The van der Waals surface area contributed by atoms with Crippen LogP contribution >= 0.6 is 15.9 Å². The summed E-state index contributed by atoms with van der Waals surface area (Å²) in [5, 5.41) is 7.60. The van der Waals surface area contributed by atoms with Gasteiger partial charge in [-0.3, -0.25) is 9.89 Å². The van der Waals surface area contributed by atoms with Gasteiger partial charge in [0.05, 0.1) is 26.0 Å². The van der Waals surface area contributed by atoms with Gasteiger partial charge in [0.2, 0.25) is 0 Å². The maximum absolute atomic E-state index is 13.6. The van der Waals surface area contributed by atoms with Crippen molar-refractivity contribution in [2.24, 2.45) is 0 Å². The van der Waals surface area contributed by atoms with Gasteiger partial charge in [-0.2, -0.15) is 5.10 Å². The average molecular weight is 532 g/mol. The molecule has 0 fully saturated rings. The molecule has 1 atom stereocenters. The summed E-state index contributed by atoms with van der Waals surface area (Å²) in [4.78, 5) is 15.5. The lowest BCUT2D eigenvalue weighted by Crippen LogP contribution is -2.31. The molecule has 1 aromatic heterocycles. The van der Waals surface area contributed by atoms with Gasteiger partial charge in [0, 0.05) is 22.1 Å². The smallest absolute Gasteiger partial charge is 0.273 e. The van der Waals surface area contributed by atoms with Crippen molar-refractivity contribution in [3.63, 3.8) is 0 Å². The largest absolute Gasteiger partial charge is 0.493 e. The fourth-order valence-corrected chi connectivity index (χ4v) is 5.08. The van der Waals surface area contributed by atoms with Gasteiger partial charge in [-0.1, -0.05) is 64.0 Å². The van der Waals surface area contributed by atoms with Crippen molar-refractivity contribution >= 4 is 21.8 Å². The average Bonchev–Trinajstić information content (AvgIpc) is 3.41. The van der Waals surface area contributed by atoms with Crippen LogP contribution in [-0.2, 0) is 6.42 Å². The first-order chi connectivity index (χ1) is 17.0. The molecule has 0 radical (unpaired) electrons. The normalized spacial score (nSPS) is 14.8. The summed E-state index contributed by atoms with van der Waals surface area (Å²) >= 11 is 3.60. The van der Waals surface area contributed by atoms with Gasteiger partial charge >= 0.3 is 0 Å². The van der Waals surface area contributed by atoms with Crippen LogP contribution in [-0.4, -0.2) is 41.8 Å². The molecule has 0 aliphatic carbocycles. The Morgan fingerprint density at radius 1 is 1.00 bits per heavy atom. The number of methoxy groups -OCH3 is 2. The number of H-pyrrole nitrogens is 1. The Morgan fingerprint density at radius 2 is 1.77 bits per heavy atom. The number of ether oxygens (including phenoxy) is 2. The van der Waals surface area contributed by atoms with Crippen LogP contribution in [0.3, 0.4) is 0 Å². The van der Waals surface area contributed by atoms with Gasteiger partial charge in [-0.15, -0.1) is 0 Å². The molecule has 0 bridgehead atoms. The van der Waals surface area contributed by atoms with Gasteiger partial charge in [-0.25, -0.2) is 0 Å². The number of benzene rings is 3. The van der Waals surface area contributed by atoms with Crippen LogP contribution in [0.25, 0.3) is 11.3 Å². The molecule has 2 heterocycles. The SMILES string of the molecule is COc1ccc(CCN2C(=O)c3[nH]nc(-c4ccc(C)cc4)c3C2c2cccc(Br)c2)cc1OC. The summed E-state index contributed by atoms with van der Waals surface area (Å²) in [6, 6.07) is 22.0. The minimum absolute atomic E-state index is 0.0451. The molecule has 5 rings (SSSR count). The third-order valence-electron chi connectivity index (χ3n) is 6.44. The lowest BCUT2D eigenvalue weighted by Gasteiger charge is -2.27. The second-order valence-electron chi connectivity index (χ2n) is 8.62. The summed E-state index contributed by atoms with van der Waals surface area (Å²) in [7, 11) is 3.25. The third kappa shape index (κ3) is 4.32. The number of hydrogen-bond donors (Lipinski definition) is 1. The summed E-state index contributed by atoms with van der Waals surface area (Å²) in [6.45, 7) is 2.60. The first-order valence-electron chi connectivity index (χ1n) is 11.4. The number of aryl methyl sites for hydroxylation is 1. The Labute approximate surface area is 213 Å². The van der Waals surface area contributed by atoms with Gasteiger partial charge in [0.1, 0.15) is 5.69 Å². The van der Waals surface area contributed by atoms with Gasteiger partial charge in [-0.05, 0) is 48.7 Å². The molecule has 7 heteroatoms. The first kappa shape index (κ1) is 23.2. The Kier molecular flexibility index (Phi) is 6.34. The number of rotatable bonds is 7. The van der Waals surface area contributed by atoms with Crippen LogP contribution in [0.4, 0.5) is 0 Å². The number of halogens is 1. The summed E-state index contributed by atoms with van der Waals surface area (Å²) in [6.07, 6.45) is 0.675. The highest BCUT2D eigenvalue weighted by molar-refractivity contribution is 9.10. The number of nitrogens with zero attached hydrogens (tertiary/aromatic N) is 2. The lowest BCUT2D eigenvalue weighted by atomic mass is 9.95. The second kappa shape index (κ2) is 9.58. The van der Waals surface area contributed by atoms with E-state index < -0.39 is 0 Å². The minimum atomic E-state index is -0.245. The highest BCUT2D eigenvalue weighted by Crippen LogP contribution is 2.43. The molecule has 0 saturated heterocycles. The Hall–Kier alpha value is -3.58. The molecule has 0 saturated carbocycles. The van der Waals surface area contributed by atoms with Crippen LogP contribution < -0.4 is 9.47 Å². The van der Waals surface area contributed by atoms with Gasteiger partial charge < -0.3 is 14.4 Å². The van der Waals surface area contributed by atoms with E-state index in [9.17, 15) is 4.79 Å². The molecular formula is C28H26BrN3O3. The van der Waals surface area contributed by atoms with E-state index in [0.29, 0.717) is 30.2 Å². The molecule has 1 aliphatic rings. The maximum Gasteiger partial charge on any atom is 0.273 e. The minimum Gasteiger partial charge on any atom is -0.493 e. The molecule has 1 aliphatic heterocycles. The van der Waals surface area contributed by atoms with E-state index in [0.717, 1.165) is 32.4 Å². The predicted octanol–water partition coefficient (Wildman–Crippen LogP) is 5.95. The zero-order valence-electron chi connectivity index (χ0n) is 19.8. The Balaban J connectivity index is 1.53. The fourth-order valence-electron chi connectivity index (χ4n) is 4.67. The zero-order valence-corrected chi connectivity index (χ0v) is 21.4. The highest BCUT2D eigenvalue weighted by atomic mass is 79.9. The number of aromatic amines is 1. The monoisotopic (exact) mass is 531 g/mol. The summed E-state index contributed by atoms with van der Waals surface area (Å²) in [5.41, 5.74) is 6.55. The van der Waals surface area contributed by atoms with E-state index in [1.807, 2.05) is 35.2 Å². The summed E-state index contributed by atoms with van der Waals surface area (Å²) < 4.78 is 11.8. The number of carbonyl (C=O) groups excluding carboxylic acids is 1. The topological polar surface area (TPSA) is 67.5 Å². The number of carbonyl (C=O) groups is 1. The highest BCUT2D eigenvalue weighted by Gasteiger charge is 2.42. The number of amides is 1. The van der Waals surface area contributed by atoms with E-state index in [1.54, 1.807) is 14.2 Å². The van der Waals surface area contributed by atoms with E-state index in [1.165, 1.54) is 5.56 Å². The predicted molar refractivity (Wildman–Crippen MR) is 139 cm³/mol. The van der Waals surface area contributed by atoms with E-state index >= 15 is 0 Å². The number of nitrogens with one attached hydrogen (secondary N) is 1. The molecule has 178 valence electrons. The summed E-state index contributed by atoms with van der Waals surface area (Å²) in [5.74, 6) is 1.32. The van der Waals surface area contributed by atoms with E-state index in [4.69, 9.17) is 9.47 Å². The van der Waals surface area contributed by atoms with Crippen molar-refractivity contribution in [2.75, 3.05) is 20.8 Å². The standard InChI is InChI=1S/C28H26BrN3O3/c1-17-7-10-19(11-8-17)25-24-26(31-30-25)28(33)32(27(24)20-5-4-6-21(29)16-20)14-13-18-9-12-22(34-2)23(15-18)35-3/h4-12,15-16,27H,13-14H2,1-3H3,(H,30,31). The molecule has 3 aromatic carbocycles. The quantitative estimate of drug-likeness (QED) is 0.319. The van der Waals surface area contributed by atoms with Crippen molar-refractivity contribution in [2.45, 2.75) is 19.4 Å². The molecule has 4 aromatic rings. The van der Waals surface area contributed by atoms with E-state index in [2.05, 4.69) is 69.4 Å². The lowest BCUT2D eigenvalue weighted by molar-refractivity contribution is 0.0746. The van der Waals surface area contributed by atoms with Crippen LogP contribution in [0.5, 0.6) is 11.5 Å². The van der Waals surface area contributed by atoms with Crippen molar-refractivity contribution in [1.29, 1.82) is 0 Å². The first-order valence-corrected chi connectivity index (χ1v) is 12.2. The number of hydrogen-bond acceptors (Lipinski definition) is 4. The molecule has 35 heavy (non-hydrogen) atoms. The molecule has 6 nitrogen and oxygen atoms in total. The molecule has 1 unspecified atom stereocenters. The number of fused-ring (bicyclic) bond motifs is 1. The van der Waals surface area contributed by atoms with Crippen LogP contribution in [0.15, 0.2) is 71.2 Å². The second-order valence-corrected chi connectivity index (χ2v) is 9.54. The number of aromatic nitrogens is 2. The van der Waals surface area contributed by atoms with Crippen molar-refractivity contribution in [1.82, 2.24) is 15.1 Å². The van der Waals surface area contributed by atoms with Crippen molar-refractivity contribution in [3.05, 3.63) is 99.2 Å². The van der Waals surface area contributed by atoms with E-state index in [-0.39, 0.29) is 11.9 Å². The molecular weight excluding hydrogens is 506 g/mol. The Morgan fingerprint density at radius 3 is 2.49 bits per heavy atom. The van der Waals surface area contributed by atoms with Crippen LogP contribution in [0.1, 0.15) is 38.8 Å². The Bertz CT molecular complexity index is 1380. The van der Waals surface area contributed by atoms with Crippen molar-refractivity contribution in [3.8, 4) is 22.8 Å².